The first kappa shape index (κ1) is 16.2. The van der Waals surface area contributed by atoms with E-state index >= 15 is 0 Å². The fraction of sp³-hybridized carbons (Fsp3) is 0.444. The first-order valence-corrected chi connectivity index (χ1v) is 8.51. The average molecular weight is 303 g/mol. The summed E-state index contributed by atoms with van der Waals surface area (Å²) in [5.74, 6) is 0.558. The molecule has 0 spiro atoms. The Hall–Kier alpha value is -1.16. The molecule has 0 aliphatic rings. The largest absolute Gasteiger partial charge is 0.383 e. The zero-order valence-electron chi connectivity index (χ0n) is 13.0. The zero-order valence-corrected chi connectivity index (χ0v) is 13.8. The summed E-state index contributed by atoms with van der Waals surface area (Å²) in [4.78, 5) is 0. The van der Waals surface area contributed by atoms with Gasteiger partial charge < -0.3 is 10.1 Å². The third-order valence-electron chi connectivity index (χ3n) is 3.78. The number of methoxy groups -OCH3 is 1. The summed E-state index contributed by atoms with van der Waals surface area (Å²) in [6.45, 7) is 4.83. The van der Waals surface area contributed by atoms with Crippen molar-refractivity contribution in [3.05, 3.63) is 57.8 Å². The van der Waals surface area contributed by atoms with Crippen molar-refractivity contribution in [2.75, 3.05) is 26.8 Å². The Morgan fingerprint density at radius 2 is 2.00 bits per heavy atom. The van der Waals surface area contributed by atoms with Gasteiger partial charge in [0, 0.05) is 20.2 Å². The molecular formula is C18H25NOS. The molecule has 2 aromatic rings. The van der Waals surface area contributed by atoms with Crippen LogP contribution in [0.4, 0.5) is 0 Å². The van der Waals surface area contributed by atoms with Gasteiger partial charge in [-0.1, -0.05) is 29.8 Å². The Morgan fingerprint density at radius 3 is 2.67 bits per heavy atom. The van der Waals surface area contributed by atoms with Crippen molar-refractivity contribution in [1.29, 1.82) is 0 Å². The zero-order chi connectivity index (χ0) is 14.9. The maximum absolute atomic E-state index is 5.10. The van der Waals surface area contributed by atoms with Gasteiger partial charge in [0.15, 0.2) is 0 Å². The maximum atomic E-state index is 5.10. The minimum Gasteiger partial charge on any atom is -0.383 e. The van der Waals surface area contributed by atoms with Crippen LogP contribution in [-0.4, -0.2) is 26.8 Å². The van der Waals surface area contributed by atoms with E-state index in [1.807, 2.05) is 0 Å². The van der Waals surface area contributed by atoms with E-state index in [0.29, 0.717) is 5.92 Å². The monoisotopic (exact) mass is 303 g/mol. The number of benzene rings is 1. The van der Waals surface area contributed by atoms with E-state index in [-0.39, 0.29) is 0 Å². The van der Waals surface area contributed by atoms with Gasteiger partial charge in [0.05, 0.1) is 6.61 Å². The van der Waals surface area contributed by atoms with Crippen LogP contribution in [0.15, 0.2) is 41.1 Å². The number of aryl methyl sites for hydroxylation is 2. The second-order valence-electron chi connectivity index (χ2n) is 5.47. The number of rotatable bonds is 9. The number of hydrogen-bond donors (Lipinski definition) is 1. The van der Waals surface area contributed by atoms with Gasteiger partial charge >= 0.3 is 0 Å². The third kappa shape index (κ3) is 5.62. The second kappa shape index (κ2) is 8.98. The van der Waals surface area contributed by atoms with Crippen LogP contribution >= 0.6 is 11.3 Å². The van der Waals surface area contributed by atoms with E-state index in [1.54, 1.807) is 18.4 Å². The van der Waals surface area contributed by atoms with Gasteiger partial charge in [0.1, 0.15) is 0 Å². The molecule has 1 aromatic carbocycles. The summed E-state index contributed by atoms with van der Waals surface area (Å²) in [7, 11) is 1.75. The van der Waals surface area contributed by atoms with E-state index in [4.69, 9.17) is 4.74 Å². The van der Waals surface area contributed by atoms with Crippen LogP contribution in [0.5, 0.6) is 0 Å². The normalized spacial score (nSPS) is 12.5. The Labute approximate surface area is 132 Å². The van der Waals surface area contributed by atoms with E-state index in [2.05, 4.69) is 53.3 Å². The topological polar surface area (TPSA) is 21.3 Å². The van der Waals surface area contributed by atoms with Crippen molar-refractivity contribution in [1.82, 2.24) is 5.32 Å². The molecule has 2 nitrogen and oxygen atoms in total. The third-order valence-corrected chi connectivity index (χ3v) is 4.52. The van der Waals surface area contributed by atoms with Gasteiger partial charge in [-0.25, -0.2) is 0 Å². The van der Waals surface area contributed by atoms with Gasteiger partial charge in [-0.2, -0.15) is 11.3 Å². The first-order chi connectivity index (χ1) is 10.3. The Kier molecular flexibility index (Phi) is 6.93. The van der Waals surface area contributed by atoms with Crippen molar-refractivity contribution in [2.24, 2.45) is 0 Å². The average Bonchev–Trinajstić information content (AvgIpc) is 3.01. The highest BCUT2D eigenvalue weighted by molar-refractivity contribution is 7.07. The van der Waals surface area contributed by atoms with Crippen LogP contribution in [0.25, 0.3) is 0 Å². The molecule has 21 heavy (non-hydrogen) atoms. The molecule has 3 heteroatoms. The lowest BCUT2D eigenvalue weighted by Gasteiger charge is -2.18. The van der Waals surface area contributed by atoms with Crippen molar-refractivity contribution in [3.63, 3.8) is 0 Å². The summed E-state index contributed by atoms with van der Waals surface area (Å²) >= 11 is 1.78. The molecule has 1 unspecified atom stereocenters. The maximum Gasteiger partial charge on any atom is 0.0587 e. The molecule has 0 bridgehead atoms. The summed E-state index contributed by atoms with van der Waals surface area (Å²) < 4.78 is 5.10. The molecule has 0 fully saturated rings. The van der Waals surface area contributed by atoms with Crippen LogP contribution < -0.4 is 5.32 Å². The highest BCUT2D eigenvalue weighted by Crippen LogP contribution is 2.22. The molecule has 0 amide bonds. The second-order valence-corrected chi connectivity index (χ2v) is 6.25. The molecule has 0 aliphatic heterocycles. The summed E-state index contributed by atoms with van der Waals surface area (Å²) in [6.07, 6.45) is 2.33. The minimum absolute atomic E-state index is 0.558. The summed E-state index contributed by atoms with van der Waals surface area (Å²) in [5.41, 5.74) is 4.21. The molecule has 1 atom stereocenters. The highest BCUT2D eigenvalue weighted by atomic mass is 32.1. The fourth-order valence-corrected chi connectivity index (χ4v) is 3.15. The number of nitrogens with one attached hydrogen (secondary N) is 1. The van der Waals surface area contributed by atoms with Crippen molar-refractivity contribution < 1.29 is 4.74 Å². The Balaban J connectivity index is 1.93. The van der Waals surface area contributed by atoms with Gasteiger partial charge in [0.25, 0.3) is 0 Å². The highest BCUT2D eigenvalue weighted by Gasteiger charge is 2.11. The minimum atomic E-state index is 0.558. The molecule has 0 aliphatic carbocycles. The molecule has 1 N–H and O–H groups in total. The van der Waals surface area contributed by atoms with Crippen molar-refractivity contribution in [2.45, 2.75) is 25.7 Å². The van der Waals surface area contributed by atoms with Crippen LogP contribution in [0.3, 0.4) is 0 Å². The molecular weight excluding hydrogens is 278 g/mol. The number of ether oxygens (including phenoxy) is 1. The number of thiophene rings is 1. The predicted octanol–water partition coefficient (Wildman–Crippen LogP) is 4.01. The smallest absolute Gasteiger partial charge is 0.0587 e. The Bertz CT molecular complexity index is 492. The molecule has 0 saturated heterocycles. The van der Waals surface area contributed by atoms with Crippen LogP contribution in [0.2, 0.25) is 0 Å². The Morgan fingerprint density at radius 1 is 1.19 bits per heavy atom. The predicted molar refractivity (Wildman–Crippen MR) is 91.3 cm³/mol. The van der Waals surface area contributed by atoms with Crippen molar-refractivity contribution >= 4 is 11.3 Å². The fourth-order valence-electron chi connectivity index (χ4n) is 2.45. The standard InChI is InChI=1S/C18H25NOS/c1-15-3-6-17(7-4-15)18(13-19-10-11-20-2)8-5-16-9-12-21-14-16/h3-4,6-7,9,12,14,18-19H,5,8,10-11,13H2,1-2H3. The first-order valence-electron chi connectivity index (χ1n) is 7.57. The molecule has 0 radical (unpaired) electrons. The van der Waals surface area contributed by atoms with E-state index in [1.165, 1.54) is 23.1 Å². The van der Waals surface area contributed by atoms with E-state index in [0.717, 1.165) is 26.1 Å². The van der Waals surface area contributed by atoms with Crippen LogP contribution in [-0.2, 0) is 11.2 Å². The van der Waals surface area contributed by atoms with Gasteiger partial charge in [-0.15, -0.1) is 0 Å². The van der Waals surface area contributed by atoms with Gasteiger partial charge in [-0.3, -0.25) is 0 Å². The molecule has 1 aromatic heterocycles. The van der Waals surface area contributed by atoms with Gasteiger partial charge in [0.2, 0.25) is 0 Å². The molecule has 2 rings (SSSR count). The molecule has 114 valence electrons. The van der Waals surface area contributed by atoms with E-state index < -0.39 is 0 Å². The quantitative estimate of drug-likeness (QED) is 0.707. The summed E-state index contributed by atoms with van der Waals surface area (Å²) in [5, 5.41) is 7.92. The van der Waals surface area contributed by atoms with Gasteiger partial charge in [-0.05, 0) is 53.6 Å². The lowest BCUT2D eigenvalue weighted by atomic mass is 9.92. The SMILES string of the molecule is COCCNCC(CCc1ccsc1)c1ccc(C)cc1. The van der Waals surface area contributed by atoms with E-state index in [9.17, 15) is 0 Å². The lowest BCUT2D eigenvalue weighted by Crippen LogP contribution is -2.25. The number of hydrogen-bond acceptors (Lipinski definition) is 3. The van der Waals surface area contributed by atoms with Crippen LogP contribution in [0, 0.1) is 6.92 Å². The lowest BCUT2D eigenvalue weighted by molar-refractivity contribution is 0.199. The van der Waals surface area contributed by atoms with Crippen molar-refractivity contribution in [3.8, 4) is 0 Å². The van der Waals surface area contributed by atoms with Crippen LogP contribution in [0.1, 0.15) is 29.0 Å². The molecule has 1 heterocycles. The molecule has 0 saturated carbocycles. The summed E-state index contributed by atoms with van der Waals surface area (Å²) in [6, 6.07) is 11.2.